The van der Waals surface area contributed by atoms with E-state index in [1.807, 2.05) is 0 Å². The molecule has 0 aliphatic rings. The molecule has 11 heavy (non-hydrogen) atoms. The van der Waals surface area contributed by atoms with Crippen molar-refractivity contribution in [2.45, 2.75) is 13.3 Å². The Morgan fingerprint density at radius 1 is 1.64 bits per heavy atom. The van der Waals surface area contributed by atoms with Crippen molar-refractivity contribution < 1.29 is 4.39 Å². The highest BCUT2D eigenvalue weighted by Crippen LogP contribution is 1.98. The highest BCUT2D eigenvalue weighted by molar-refractivity contribution is 5.13. The van der Waals surface area contributed by atoms with Crippen molar-refractivity contribution in [1.82, 2.24) is 4.98 Å². The summed E-state index contributed by atoms with van der Waals surface area (Å²) in [6, 6.07) is 2.72. The monoisotopic (exact) mass is 149 g/mol. The van der Waals surface area contributed by atoms with Crippen LogP contribution in [0.4, 0.5) is 4.39 Å². The van der Waals surface area contributed by atoms with E-state index in [1.54, 1.807) is 6.92 Å². The second kappa shape index (κ2) is 3.72. The first-order valence-corrected chi connectivity index (χ1v) is 3.33. The Balaban J connectivity index is 2.76. The standard InChI is InChI=1S/C9H8FN/c1-2-3-4-9-7-8(10)5-6-11-9/h5-7H,4H2,1H3. The second-order valence-corrected chi connectivity index (χ2v) is 2.07. The summed E-state index contributed by atoms with van der Waals surface area (Å²) in [7, 11) is 0. The molecular formula is C9H8FN. The SMILES string of the molecule is CC#CCc1cc(F)ccn1. The van der Waals surface area contributed by atoms with E-state index < -0.39 is 0 Å². The number of pyridine rings is 1. The molecule has 0 aliphatic heterocycles. The molecule has 0 aliphatic carbocycles. The molecule has 0 saturated heterocycles. The van der Waals surface area contributed by atoms with Crippen LogP contribution in [0.3, 0.4) is 0 Å². The molecule has 0 saturated carbocycles. The topological polar surface area (TPSA) is 12.9 Å². The van der Waals surface area contributed by atoms with Gasteiger partial charge in [0.05, 0.1) is 12.1 Å². The molecule has 0 atom stereocenters. The molecule has 0 spiro atoms. The fraction of sp³-hybridized carbons (Fsp3) is 0.222. The molecular weight excluding hydrogens is 141 g/mol. The first-order valence-electron chi connectivity index (χ1n) is 3.33. The molecule has 0 N–H and O–H groups in total. The van der Waals surface area contributed by atoms with Gasteiger partial charge in [-0.2, -0.15) is 0 Å². The predicted octanol–water partition coefficient (Wildman–Crippen LogP) is 1.79. The third kappa shape index (κ3) is 2.38. The van der Waals surface area contributed by atoms with Gasteiger partial charge >= 0.3 is 0 Å². The minimum atomic E-state index is -0.257. The van der Waals surface area contributed by atoms with Crippen molar-refractivity contribution in [2.24, 2.45) is 0 Å². The zero-order valence-electron chi connectivity index (χ0n) is 6.26. The van der Waals surface area contributed by atoms with Crippen LogP contribution >= 0.6 is 0 Å². The molecule has 1 nitrogen and oxygen atoms in total. The third-order valence-electron chi connectivity index (χ3n) is 1.22. The highest BCUT2D eigenvalue weighted by atomic mass is 19.1. The van der Waals surface area contributed by atoms with Crippen molar-refractivity contribution in [3.05, 3.63) is 29.8 Å². The fourth-order valence-electron chi connectivity index (χ4n) is 0.724. The van der Waals surface area contributed by atoms with Gasteiger partial charge in [0, 0.05) is 6.20 Å². The third-order valence-corrected chi connectivity index (χ3v) is 1.22. The fourth-order valence-corrected chi connectivity index (χ4v) is 0.724. The molecule has 0 fully saturated rings. The summed E-state index contributed by atoms with van der Waals surface area (Å²) in [4.78, 5) is 3.93. The van der Waals surface area contributed by atoms with Crippen LogP contribution in [0.25, 0.3) is 0 Å². The summed E-state index contributed by atoms with van der Waals surface area (Å²) in [5.74, 6) is 5.28. The summed E-state index contributed by atoms with van der Waals surface area (Å²) in [5, 5.41) is 0. The summed E-state index contributed by atoms with van der Waals surface area (Å²) < 4.78 is 12.5. The lowest BCUT2D eigenvalue weighted by Crippen LogP contribution is -1.87. The lowest BCUT2D eigenvalue weighted by molar-refractivity contribution is 0.623. The van der Waals surface area contributed by atoms with E-state index in [1.165, 1.54) is 18.3 Å². The van der Waals surface area contributed by atoms with Crippen molar-refractivity contribution in [3.8, 4) is 11.8 Å². The number of aromatic nitrogens is 1. The molecule has 0 aromatic carbocycles. The maximum absolute atomic E-state index is 12.5. The molecule has 56 valence electrons. The summed E-state index contributed by atoms with van der Waals surface area (Å²) in [6.45, 7) is 1.75. The Kier molecular flexibility index (Phi) is 2.62. The van der Waals surface area contributed by atoms with Crippen LogP contribution in [-0.4, -0.2) is 4.98 Å². The van der Waals surface area contributed by atoms with Crippen LogP contribution in [0.2, 0.25) is 0 Å². The largest absolute Gasteiger partial charge is 0.260 e. The van der Waals surface area contributed by atoms with Gasteiger partial charge in [-0.15, -0.1) is 5.92 Å². The van der Waals surface area contributed by atoms with E-state index in [0.717, 1.165) is 0 Å². The number of hydrogen-bond donors (Lipinski definition) is 0. The molecule has 1 aromatic rings. The molecule has 0 amide bonds. The Morgan fingerprint density at radius 2 is 2.45 bits per heavy atom. The van der Waals surface area contributed by atoms with E-state index in [9.17, 15) is 4.39 Å². The highest BCUT2D eigenvalue weighted by Gasteiger charge is 1.92. The summed E-state index contributed by atoms with van der Waals surface area (Å²) >= 11 is 0. The maximum Gasteiger partial charge on any atom is 0.126 e. The molecule has 0 bridgehead atoms. The molecule has 1 aromatic heterocycles. The summed E-state index contributed by atoms with van der Waals surface area (Å²) in [6.07, 6.45) is 1.97. The average Bonchev–Trinajstić information content (AvgIpc) is 2.01. The average molecular weight is 149 g/mol. The zero-order chi connectivity index (χ0) is 8.10. The van der Waals surface area contributed by atoms with Crippen LogP contribution in [-0.2, 0) is 6.42 Å². The minimum Gasteiger partial charge on any atom is -0.260 e. The van der Waals surface area contributed by atoms with Crippen LogP contribution in [0.5, 0.6) is 0 Å². The normalized spacial score (nSPS) is 8.55. The van der Waals surface area contributed by atoms with Gasteiger partial charge in [0.1, 0.15) is 5.82 Å². The van der Waals surface area contributed by atoms with Crippen LogP contribution in [0, 0.1) is 17.7 Å². The number of nitrogens with zero attached hydrogens (tertiary/aromatic N) is 1. The minimum absolute atomic E-state index is 0.257. The second-order valence-electron chi connectivity index (χ2n) is 2.07. The molecule has 2 heteroatoms. The van der Waals surface area contributed by atoms with Gasteiger partial charge in [0.2, 0.25) is 0 Å². The van der Waals surface area contributed by atoms with Crippen molar-refractivity contribution in [1.29, 1.82) is 0 Å². The quantitative estimate of drug-likeness (QED) is 0.555. The number of rotatable bonds is 1. The maximum atomic E-state index is 12.5. The van der Waals surface area contributed by atoms with E-state index >= 15 is 0 Å². The molecule has 1 rings (SSSR count). The van der Waals surface area contributed by atoms with Crippen molar-refractivity contribution in [3.63, 3.8) is 0 Å². The van der Waals surface area contributed by atoms with Crippen molar-refractivity contribution in [2.75, 3.05) is 0 Å². The van der Waals surface area contributed by atoms with Gasteiger partial charge in [0.25, 0.3) is 0 Å². The van der Waals surface area contributed by atoms with Crippen molar-refractivity contribution >= 4 is 0 Å². The zero-order valence-corrected chi connectivity index (χ0v) is 6.26. The van der Waals surface area contributed by atoms with Crippen LogP contribution in [0.15, 0.2) is 18.3 Å². The van der Waals surface area contributed by atoms with Gasteiger partial charge in [-0.25, -0.2) is 4.39 Å². The van der Waals surface area contributed by atoms with E-state index in [4.69, 9.17) is 0 Å². The lowest BCUT2D eigenvalue weighted by Gasteiger charge is -1.91. The Labute approximate surface area is 65.3 Å². The lowest BCUT2D eigenvalue weighted by atomic mass is 10.3. The predicted molar refractivity (Wildman–Crippen MR) is 41.3 cm³/mol. The van der Waals surface area contributed by atoms with E-state index in [-0.39, 0.29) is 5.82 Å². The van der Waals surface area contributed by atoms with E-state index in [2.05, 4.69) is 16.8 Å². The summed E-state index contributed by atoms with van der Waals surface area (Å²) in [5.41, 5.74) is 0.680. The van der Waals surface area contributed by atoms with Gasteiger partial charge in [-0.05, 0) is 19.1 Å². The van der Waals surface area contributed by atoms with E-state index in [0.29, 0.717) is 12.1 Å². The van der Waals surface area contributed by atoms with Crippen LogP contribution in [0.1, 0.15) is 12.6 Å². The first kappa shape index (κ1) is 7.74. The van der Waals surface area contributed by atoms with Gasteiger partial charge in [0.15, 0.2) is 0 Å². The molecule has 0 radical (unpaired) electrons. The van der Waals surface area contributed by atoms with Gasteiger partial charge in [-0.1, -0.05) is 5.92 Å². The van der Waals surface area contributed by atoms with Gasteiger partial charge in [-0.3, -0.25) is 4.98 Å². The molecule has 1 heterocycles. The Hall–Kier alpha value is -1.36. The Bertz CT molecular complexity index is 296. The van der Waals surface area contributed by atoms with Gasteiger partial charge < -0.3 is 0 Å². The number of hydrogen-bond acceptors (Lipinski definition) is 1. The smallest absolute Gasteiger partial charge is 0.126 e. The number of halogens is 1. The molecule has 0 unspecified atom stereocenters. The first-order chi connectivity index (χ1) is 5.33. The Morgan fingerprint density at radius 3 is 3.09 bits per heavy atom. The van der Waals surface area contributed by atoms with Crippen LogP contribution < -0.4 is 0 Å².